The first-order valence-corrected chi connectivity index (χ1v) is 13.1. The number of carbonyl (C=O) groups excluding carboxylic acids is 2. The number of nitrogens with zero attached hydrogens (tertiary/aromatic N) is 3. The molecule has 3 heterocycles. The number of amides is 3. The molecule has 0 atom stereocenters. The van der Waals surface area contributed by atoms with Gasteiger partial charge in [0.05, 0.1) is 28.0 Å². The van der Waals surface area contributed by atoms with Crippen molar-refractivity contribution >= 4 is 50.6 Å². The molecule has 1 aliphatic rings. The van der Waals surface area contributed by atoms with Crippen molar-refractivity contribution in [1.29, 1.82) is 5.26 Å². The Morgan fingerprint density at radius 1 is 1.02 bits per heavy atom. The van der Waals surface area contributed by atoms with E-state index in [0.29, 0.717) is 67.0 Å². The third-order valence-corrected chi connectivity index (χ3v) is 7.69. The third-order valence-electron chi connectivity index (χ3n) is 6.59. The van der Waals surface area contributed by atoms with E-state index in [0.717, 1.165) is 11.3 Å². The molecule has 40 heavy (non-hydrogen) atoms. The van der Waals surface area contributed by atoms with Crippen molar-refractivity contribution < 1.29 is 19.1 Å². The standard InChI is InChI=1S/C30H21N5O4S/c1-16-21(35-25-24-20(34-30(35)37)12-13-33-29(24)40-27(25)28(32)36)14-23(39-22-11-7-6-8-18(22)15-31)17(2)26(16)38-19-9-4-3-5-10-19/h3-14H,1-2H3,(H2,32,36)(H,34,37). The molecular weight excluding hydrogens is 526 g/mol. The highest BCUT2D eigenvalue weighted by atomic mass is 32.1. The molecule has 0 unspecified atom stereocenters. The number of carbonyl (C=O) groups is 2. The number of benzene rings is 3. The SMILES string of the molecule is Cc1c(Oc2ccccc2C#N)cc(N2C(=O)Nc3ccnc4sc(C(N)=O)c2c34)c(C)c1Oc1ccccc1. The fourth-order valence-electron chi connectivity index (χ4n) is 4.71. The van der Waals surface area contributed by atoms with E-state index in [1.54, 1.807) is 42.6 Å². The second kappa shape index (κ2) is 9.72. The van der Waals surface area contributed by atoms with Crippen molar-refractivity contribution in [2.24, 2.45) is 5.73 Å². The maximum absolute atomic E-state index is 13.7. The van der Waals surface area contributed by atoms with Gasteiger partial charge in [0.1, 0.15) is 38.8 Å². The summed E-state index contributed by atoms with van der Waals surface area (Å²) in [6.07, 6.45) is 1.57. The largest absolute Gasteiger partial charge is 0.457 e. The zero-order chi connectivity index (χ0) is 28.0. The lowest BCUT2D eigenvalue weighted by molar-refractivity contribution is 0.100. The van der Waals surface area contributed by atoms with Crippen LogP contribution in [0.4, 0.5) is 21.9 Å². The first kappa shape index (κ1) is 24.9. The second-order valence-electron chi connectivity index (χ2n) is 9.05. The molecule has 0 spiro atoms. The minimum Gasteiger partial charge on any atom is -0.457 e. The van der Waals surface area contributed by atoms with Crippen molar-refractivity contribution in [3.8, 4) is 29.1 Å². The van der Waals surface area contributed by atoms with Crippen molar-refractivity contribution in [1.82, 2.24) is 4.98 Å². The number of primary amides is 1. The Morgan fingerprint density at radius 2 is 1.77 bits per heavy atom. The second-order valence-corrected chi connectivity index (χ2v) is 10.0. The van der Waals surface area contributed by atoms with E-state index < -0.39 is 11.9 Å². The molecule has 0 saturated heterocycles. The highest BCUT2D eigenvalue weighted by Crippen LogP contribution is 2.50. The Kier molecular flexibility index (Phi) is 6.06. The van der Waals surface area contributed by atoms with Gasteiger partial charge in [0.25, 0.3) is 5.91 Å². The van der Waals surface area contributed by atoms with Crippen LogP contribution in [-0.4, -0.2) is 16.9 Å². The van der Waals surface area contributed by atoms with Crippen LogP contribution in [0.25, 0.3) is 10.2 Å². The number of aromatic nitrogens is 1. The molecule has 9 nitrogen and oxygen atoms in total. The number of nitrogens with two attached hydrogens (primary N) is 1. The lowest BCUT2D eigenvalue weighted by atomic mass is 10.0. The van der Waals surface area contributed by atoms with E-state index in [2.05, 4.69) is 16.4 Å². The Morgan fingerprint density at radius 3 is 2.52 bits per heavy atom. The lowest BCUT2D eigenvalue weighted by Gasteiger charge is -2.31. The minimum absolute atomic E-state index is 0.201. The van der Waals surface area contributed by atoms with Crippen LogP contribution in [-0.2, 0) is 0 Å². The number of nitrogens with one attached hydrogen (secondary N) is 1. The van der Waals surface area contributed by atoms with E-state index in [-0.39, 0.29) is 4.88 Å². The number of hydrogen-bond acceptors (Lipinski definition) is 7. The molecule has 10 heteroatoms. The average Bonchev–Trinajstić information content (AvgIpc) is 3.35. The van der Waals surface area contributed by atoms with Gasteiger partial charge in [-0.05, 0) is 44.2 Å². The van der Waals surface area contributed by atoms with Crippen molar-refractivity contribution in [3.63, 3.8) is 0 Å². The fourth-order valence-corrected chi connectivity index (χ4v) is 5.71. The van der Waals surface area contributed by atoms with Gasteiger partial charge < -0.3 is 20.5 Å². The van der Waals surface area contributed by atoms with E-state index in [4.69, 9.17) is 15.2 Å². The van der Waals surface area contributed by atoms with E-state index in [9.17, 15) is 14.9 Å². The van der Waals surface area contributed by atoms with Crippen LogP contribution >= 0.6 is 11.3 Å². The molecule has 0 bridgehead atoms. The Balaban J connectivity index is 1.61. The molecular formula is C30H21N5O4S. The summed E-state index contributed by atoms with van der Waals surface area (Å²) in [5.41, 5.74) is 8.70. The predicted molar refractivity (Wildman–Crippen MR) is 153 cm³/mol. The molecule has 3 amide bonds. The summed E-state index contributed by atoms with van der Waals surface area (Å²) in [5.74, 6) is 1.09. The molecule has 0 fully saturated rings. The van der Waals surface area contributed by atoms with E-state index in [1.807, 2.05) is 44.2 Å². The number of ether oxygens (including phenoxy) is 2. The molecule has 0 radical (unpaired) electrons. The number of nitriles is 1. The van der Waals surface area contributed by atoms with Crippen LogP contribution in [0, 0.1) is 25.2 Å². The highest BCUT2D eigenvalue weighted by Gasteiger charge is 2.35. The summed E-state index contributed by atoms with van der Waals surface area (Å²) in [4.78, 5) is 32.8. The zero-order valence-corrected chi connectivity index (χ0v) is 22.2. The Bertz CT molecular complexity index is 1880. The van der Waals surface area contributed by atoms with Gasteiger partial charge in [0.2, 0.25) is 0 Å². The third kappa shape index (κ3) is 4.05. The first-order valence-electron chi connectivity index (χ1n) is 12.2. The summed E-state index contributed by atoms with van der Waals surface area (Å²) in [5, 5.41) is 13.1. The number of para-hydroxylation sites is 2. The topological polar surface area (TPSA) is 131 Å². The zero-order valence-electron chi connectivity index (χ0n) is 21.4. The lowest BCUT2D eigenvalue weighted by Crippen LogP contribution is -2.35. The van der Waals surface area contributed by atoms with Crippen LogP contribution in [0.2, 0.25) is 0 Å². The summed E-state index contributed by atoms with van der Waals surface area (Å²) < 4.78 is 12.6. The van der Waals surface area contributed by atoms with Crippen LogP contribution in [0.5, 0.6) is 23.0 Å². The quantitative estimate of drug-likeness (QED) is 0.232. The normalized spacial score (nSPS) is 12.1. The van der Waals surface area contributed by atoms with E-state index in [1.165, 1.54) is 4.90 Å². The van der Waals surface area contributed by atoms with Crippen LogP contribution < -0.4 is 25.4 Å². The number of pyridine rings is 1. The minimum atomic E-state index is -0.673. The smallest absolute Gasteiger partial charge is 0.331 e. The first-order chi connectivity index (χ1) is 19.4. The summed E-state index contributed by atoms with van der Waals surface area (Å²) in [6.45, 7) is 3.67. The number of hydrogen-bond donors (Lipinski definition) is 2. The van der Waals surface area contributed by atoms with Crippen LogP contribution in [0.15, 0.2) is 72.9 Å². The molecule has 3 N–H and O–H groups in total. The Labute approximate surface area is 233 Å². The summed E-state index contributed by atoms with van der Waals surface area (Å²) in [7, 11) is 0. The molecule has 0 aliphatic carbocycles. The van der Waals surface area contributed by atoms with Gasteiger partial charge in [-0.25, -0.2) is 9.78 Å². The van der Waals surface area contributed by atoms with E-state index >= 15 is 0 Å². The average molecular weight is 548 g/mol. The Hall–Kier alpha value is -5.40. The number of thiophene rings is 1. The monoisotopic (exact) mass is 547 g/mol. The molecule has 6 rings (SSSR count). The summed E-state index contributed by atoms with van der Waals surface area (Å²) in [6, 6.07) is 21.1. The van der Waals surface area contributed by atoms with Crippen molar-refractivity contribution in [2.45, 2.75) is 13.8 Å². The van der Waals surface area contributed by atoms with Gasteiger partial charge in [0, 0.05) is 23.4 Å². The predicted octanol–water partition coefficient (Wildman–Crippen LogP) is 7.15. The number of anilines is 3. The number of rotatable bonds is 6. The molecule has 1 aliphatic heterocycles. The van der Waals surface area contributed by atoms with Gasteiger partial charge >= 0.3 is 6.03 Å². The molecule has 3 aromatic carbocycles. The maximum atomic E-state index is 13.7. The number of urea groups is 1. The van der Waals surface area contributed by atoms with Gasteiger partial charge in [-0.3, -0.25) is 9.69 Å². The van der Waals surface area contributed by atoms with Crippen LogP contribution in [0.3, 0.4) is 0 Å². The highest BCUT2D eigenvalue weighted by molar-refractivity contribution is 7.21. The molecule has 2 aromatic heterocycles. The summed E-state index contributed by atoms with van der Waals surface area (Å²) >= 11 is 1.12. The van der Waals surface area contributed by atoms with Gasteiger partial charge in [0.15, 0.2) is 0 Å². The van der Waals surface area contributed by atoms with Gasteiger partial charge in [-0.1, -0.05) is 30.3 Å². The van der Waals surface area contributed by atoms with Gasteiger partial charge in [-0.15, -0.1) is 11.3 Å². The molecule has 5 aromatic rings. The van der Waals surface area contributed by atoms with Gasteiger partial charge in [-0.2, -0.15) is 5.26 Å². The fraction of sp³-hybridized carbons (Fsp3) is 0.0667. The van der Waals surface area contributed by atoms with Crippen molar-refractivity contribution in [3.05, 3.63) is 94.5 Å². The van der Waals surface area contributed by atoms with Crippen molar-refractivity contribution in [2.75, 3.05) is 10.2 Å². The molecule has 0 saturated carbocycles. The van der Waals surface area contributed by atoms with Crippen LogP contribution in [0.1, 0.15) is 26.4 Å². The maximum Gasteiger partial charge on any atom is 0.331 e. The molecule has 196 valence electrons.